The first-order valence-corrected chi connectivity index (χ1v) is 6.69. The Morgan fingerprint density at radius 1 is 1.39 bits per heavy atom. The average Bonchev–Trinajstić information content (AvgIpc) is 2.79. The summed E-state index contributed by atoms with van der Waals surface area (Å²) in [6.07, 6.45) is 4.56. The molecule has 1 aromatic rings. The Kier molecular flexibility index (Phi) is 4.04. The summed E-state index contributed by atoms with van der Waals surface area (Å²) in [5, 5.41) is 0. The highest BCUT2D eigenvalue weighted by Crippen LogP contribution is 2.36. The fraction of sp³-hybridized carbons (Fsp3) is 0.714. The van der Waals surface area contributed by atoms with Crippen LogP contribution < -0.4 is 0 Å². The van der Waals surface area contributed by atoms with Crippen molar-refractivity contribution in [2.24, 2.45) is 5.92 Å². The average molecular weight is 251 g/mol. The van der Waals surface area contributed by atoms with Crippen LogP contribution >= 0.6 is 0 Å². The number of rotatable bonds is 3. The molecule has 4 heteroatoms. The number of nitrogens with zero attached hydrogens (tertiary/aromatic N) is 1. The van der Waals surface area contributed by atoms with Gasteiger partial charge in [0.1, 0.15) is 5.76 Å². The van der Waals surface area contributed by atoms with Crippen molar-refractivity contribution >= 4 is 5.97 Å². The lowest BCUT2D eigenvalue weighted by molar-refractivity contribution is -0.146. The molecule has 0 unspecified atom stereocenters. The maximum absolute atomic E-state index is 11.5. The molecule has 0 N–H and O–H groups in total. The van der Waals surface area contributed by atoms with E-state index in [0.29, 0.717) is 5.92 Å². The Hall–Kier alpha value is -1.32. The van der Waals surface area contributed by atoms with Crippen LogP contribution in [-0.4, -0.2) is 18.1 Å². The monoisotopic (exact) mass is 251 g/mol. The molecular weight excluding hydrogens is 230 g/mol. The lowest BCUT2D eigenvalue weighted by Gasteiger charge is -2.24. The second-order valence-corrected chi connectivity index (χ2v) is 4.99. The molecule has 0 radical (unpaired) electrons. The summed E-state index contributed by atoms with van der Waals surface area (Å²) in [7, 11) is 1.46. The van der Waals surface area contributed by atoms with Gasteiger partial charge in [0.05, 0.1) is 18.7 Å². The van der Waals surface area contributed by atoms with Crippen LogP contribution in [0.2, 0.25) is 0 Å². The van der Waals surface area contributed by atoms with E-state index < -0.39 is 0 Å². The summed E-state index contributed by atoms with van der Waals surface area (Å²) < 4.78 is 10.6. The van der Waals surface area contributed by atoms with Crippen LogP contribution in [0.4, 0.5) is 0 Å². The van der Waals surface area contributed by atoms with Gasteiger partial charge < -0.3 is 9.15 Å². The second kappa shape index (κ2) is 5.55. The maximum atomic E-state index is 11.5. The molecule has 0 aromatic carbocycles. The molecule has 1 saturated carbocycles. The van der Waals surface area contributed by atoms with Gasteiger partial charge in [0.2, 0.25) is 0 Å². The lowest BCUT2D eigenvalue weighted by atomic mass is 9.82. The van der Waals surface area contributed by atoms with Gasteiger partial charge in [0.15, 0.2) is 5.89 Å². The zero-order valence-electron chi connectivity index (χ0n) is 11.4. The molecule has 100 valence electrons. The van der Waals surface area contributed by atoms with E-state index in [1.54, 1.807) is 0 Å². The van der Waals surface area contributed by atoms with Gasteiger partial charge in [0, 0.05) is 12.3 Å². The Balaban J connectivity index is 1.98. The van der Waals surface area contributed by atoms with Gasteiger partial charge in [-0.05, 0) is 32.6 Å². The molecule has 0 saturated heterocycles. The smallest absolute Gasteiger partial charge is 0.308 e. The zero-order valence-corrected chi connectivity index (χ0v) is 11.4. The molecule has 4 nitrogen and oxygen atoms in total. The van der Waals surface area contributed by atoms with Gasteiger partial charge >= 0.3 is 5.97 Å². The van der Waals surface area contributed by atoms with E-state index in [0.717, 1.165) is 49.4 Å². The van der Waals surface area contributed by atoms with Crippen molar-refractivity contribution in [3.63, 3.8) is 0 Å². The SMILES string of the molecule is CCc1oc(C2CCC(C(=O)OC)CC2)nc1C. The normalized spacial score (nSPS) is 23.9. The van der Waals surface area contributed by atoms with E-state index in [9.17, 15) is 4.79 Å². The summed E-state index contributed by atoms with van der Waals surface area (Å²) in [4.78, 5) is 16.0. The Morgan fingerprint density at radius 2 is 2.06 bits per heavy atom. The van der Waals surface area contributed by atoms with Crippen molar-refractivity contribution in [1.82, 2.24) is 4.98 Å². The molecular formula is C14H21NO3. The van der Waals surface area contributed by atoms with Crippen LogP contribution in [0.1, 0.15) is 55.9 Å². The fourth-order valence-corrected chi connectivity index (χ4v) is 2.70. The highest BCUT2D eigenvalue weighted by Gasteiger charge is 2.30. The standard InChI is InChI=1S/C14H21NO3/c1-4-12-9(2)15-13(18-12)10-5-7-11(8-6-10)14(16)17-3/h10-11H,4-8H2,1-3H3. The second-order valence-electron chi connectivity index (χ2n) is 4.99. The minimum absolute atomic E-state index is 0.0629. The predicted octanol–water partition coefficient (Wildman–Crippen LogP) is 2.99. The van der Waals surface area contributed by atoms with E-state index in [2.05, 4.69) is 11.9 Å². The van der Waals surface area contributed by atoms with E-state index >= 15 is 0 Å². The van der Waals surface area contributed by atoms with Crippen molar-refractivity contribution in [3.05, 3.63) is 17.3 Å². The number of ether oxygens (including phenoxy) is 1. The highest BCUT2D eigenvalue weighted by atomic mass is 16.5. The predicted molar refractivity (Wildman–Crippen MR) is 67.3 cm³/mol. The lowest BCUT2D eigenvalue weighted by Crippen LogP contribution is -2.22. The number of aryl methyl sites for hydroxylation is 2. The van der Waals surface area contributed by atoms with Crippen molar-refractivity contribution in [2.75, 3.05) is 7.11 Å². The maximum Gasteiger partial charge on any atom is 0.308 e. The number of oxazole rings is 1. The highest BCUT2D eigenvalue weighted by molar-refractivity contribution is 5.72. The Labute approximate surface area is 108 Å². The third-order valence-corrected chi connectivity index (χ3v) is 3.84. The molecule has 1 aromatic heterocycles. The van der Waals surface area contributed by atoms with Crippen LogP contribution in [0.25, 0.3) is 0 Å². The number of carbonyl (C=O) groups is 1. The molecule has 1 fully saturated rings. The van der Waals surface area contributed by atoms with Crippen molar-refractivity contribution in [2.45, 2.75) is 51.9 Å². The zero-order chi connectivity index (χ0) is 13.1. The molecule has 0 amide bonds. The minimum Gasteiger partial charge on any atom is -0.469 e. The molecule has 0 spiro atoms. The summed E-state index contributed by atoms with van der Waals surface area (Å²) in [6, 6.07) is 0. The Morgan fingerprint density at radius 3 is 2.56 bits per heavy atom. The quantitative estimate of drug-likeness (QED) is 0.775. The van der Waals surface area contributed by atoms with Gasteiger partial charge in [-0.15, -0.1) is 0 Å². The molecule has 18 heavy (non-hydrogen) atoms. The topological polar surface area (TPSA) is 52.3 Å². The first kappa shape index (κ1) is 13.1. The van der Waals surface area contributed by atoms with Crippen molar-refractivity contribution in [1.29, 1.82) is 0 Å². The van der Waals surface area contributed by atoms with E-state index in [1.165, 1.54) is 7.11 Å². The Bertz CT molecular complexity index is 417. The summed E-state index contributed by atoms with van der Waals surface area (Å²) in [5.74, 6) is 2.19. The van der Waals surface area contributed by atoms with E-state index in [-0.39, 0.29) is 11.9 Å². The van der Waals surface area contributed by atoms with Crippen molar-refractivity contribution < 1.29 is 13.9 Å². The van der Waals surface area contributed by atoms with Gasteiger partial charge in [-0.25, -0.2) is 4.98 Å². The third kappa shape index (κ3) is 2.57. The summed E-state index contributed by atoms with van der Waals surface area (Å²) in [5.41, 5.74) is 1.00. The third-order valence-electron chi connectivity index (χ3n) is 3.84. The molecule has 0 aliphatic heterocycles. The van der Waals surface area contributed by atoms with Crippen LogP contribution in [0.15, 0.2) is 4.42 Å². The van der Waals surface area contributed by atoms with E-state index in [4.69, 9.17) is 9.15 Å². The number of hydrogen-bond acceptors (Lipinski definition) is 4. The summed E-state index contributed by atoms with van der Waals surface area (Å²) >= 11 is 0. The van der Waals surface area contributed by atoms with Crippen LogP contribution in [-0.2, 0) is 16.0 Å². The molecule has 0 bridgehead atoms. The molecule has 2 rings (SSSR count). The first-order chi connectivity index (χ1) is 8.65. The van der Waals surface area contributed by atoms with Crippen LogP contribution in [0, 0.1) is 12.8 Å². The van der Waals surface area contributed by atoms with Gasteiger partial charge in [0.25, 0.3) is 0 Å². The van der Waals surface area contributed by atoms with Crippen LogP contribution in [0.3, 0.4) is 0 Å². The largest absolute Gasteiger partial charge is 0.469 e. The van der Waals surface area contributed by atoms with E-state index in [1.807, 2.05) is 6.92 Å². The fourth-order valence-electron chi connectivity index (χ4n) is 2.70. The number of hydrogen-bond donors (Lipinski definition) is 0. The van der Waals surface area contributed by atoms with Crippen LogP contribution in [0.5, 0.6) is 0 Å². The van der Waals surface area contributed by atoms with Crippen molar-refractivity contribution in [3.8, 4) is 0 Å². The number of carbonyl (C=O) groups excluding carboxylic acids is 1. The number of aromatic nitrogens is 1. The molecule has 0 atom stereocenters. The molecule has 1 heterocycles. The molecule has 1 aliphatic rings. The minimum atomic E-state index is -0.0775. The van der Waals surface area contributed by atoms with Gasteiger partial charge in [-0.1, -0.05) is 6.92 Å². The summed E-state index contributed by atoms with van der Waals surface area (Å²) in [6.45, 7) is 4.07. The molecule has 1 aliphatic carbocycles. The number of esters is 1. The number of methoxy groups -OCH3 is 1. The van der Waals surface area contributed by atoms with Gasteiger partial charge in [-0.3, -0.25) is 4.79 Å². The van der Waals surface area contributed by atoms with Gasteiger partial charge in [-0.2, -0.15) is 0 Å². The first-order valence-electron chi connectivity index (χ1n) is 6.69.